The predicted molar refractivity (Wildman–Crippen MR) is 119 cm³/mol. The van der Waals surface area contributed by atoms with Crippen LogP contribution in [0.25, 0.3) is 10.9 Å². The maximum Gasteiger partial charge on any atom is 0.220 e. The highest BCUT2D eigenvalue weighted by atomic mass is 16.1. The molecule has 0 saturated heterocycles. The van der Waals surface area contributed by atoms with E-state index in [1.54, 1.807) is 0 Å². The van der Waals surface area contributed by atoms with Gasteiger partial charge >= 0.3 is 0 Å². The molecule has 29 heavy (non-hydrogen) atoms. The summed E-state index contributed by atoms with van der Waals surface area (Å²) in [6.45, 7) is 1.58. The Morgan fingerprint density at radius 2 is 1.41 bits per heavy atom. The lowest BCUT2D eigenvalue weighted by Crippen LogP contribution is -2.27. The van der Waals surface area contributed by atoms with E-state index in [1.165, 1.54) is 22.0 Å². The number of aromatic nitrogens is 1. The second-order valence-corrected chi connectivity index (χ2v) is 7.35. The van der Waals surface area contributed by atoms with Crippen LogP contribution >= 0.6 is 0 Å². The largest absolute Gasteiger partial charge is 0.356 e. The Hall–Kier alpha value is -3.33. The maximum atomic E-state index is 12.7. The highest BCUT2D eigenvalue weighted by molar-refractivity contribution is 5.80. The van der Waals surface area contributed by atoms with Gasteiger partial charge in [0.2, 0.25) is 5.91 Å². The van der Waals surface area contributed by atoms with Crippen molar-refractivity contribution in [3.63, 3.8) is 0 Å². The third-order valence-electron chi connectivity index (χ3n) is 5.37. The van der Waals surface area contributed by atoms with Crippen LogP contribution in [0.5, 0.6) is 0 Å². The zero-order valence-electron chi connectivity index (χ0n) is 16.5. The Kier molecular flexibility index (Phi) is 6.06. The van der Waals surface area contributed by atoms with Crippen molar-refractivity contribution < 1.29 is 4.79 Å². The van der Waals surface area contributed by atoms with Gasteiger partial charge in [0, 0.05) is 37.1 Å². The van der Waals surface area contributed by atoms with Gasteiger partial charge in [-0.1, -0.05) is 78.9 Å². The number of carbonyl (C=O) groups excluding carboxylic acids is 1. The normalized spacial score (nSPS) is 11.1. The molecule has 4 rings (SSSR count). The smallest absolute Gasteiger partial charge is 0.220 e. The highest BCUT2D eigenvalue weighted by Gasteiger charge is 2.17. The van der Waals surface area contributed by atoms with E-state index in [0.29, 0.717) is 13.0 Å². The van der Waals surface area contributed by atoms with Crippen LogP contribution in [0.3, 0.4) is 0 Å². The summed E-state index contributed by atoms with van der Waals surface area (Å²) in [7, 11) is 0. The third-order valence-corrected chi connectivity index (χ3v) is 5.37. The molecular formula is C26H26N2O. The molecule has 0 aliphatic carbocycles. The van der Waals surface area contributed by atoms with Crippen LogP contribution in [0.15, 0.2) is 97.2 Å². The van der Waals surface area contributed by atoms with Gasteiger partial charge in [-0.05, 0) is 35.1 Å². The minimum atomic E-state index is 0.0748. The molecule has 0 bridgehead atoms. The van der Waals surface area contributed by atoms with Crippen LogP contribution in [0.2, 0.25) is 0 Å². The first-order valence-corrected chi connectivity index (χ1v) is 10.2. The molecule has 0 spiro atoms. The number of benzene rings is 3. The van der Waals surface area contributed by atoms with Gasteiger partial charge in [0.15, 0.2) is 0 Å². The van der Waals surface area contributed by atoms with Crippen LogP contribution in [-0.2, 0) is 11.3 Å². The number of carbonyl (C=O) groups is 1. The lowest BCUT2D eigenvalue weighted by molar-refractivity contribution is -0.121. The summed E-state index contributed by atoms with van der Waals surface area (Å²) < 4.78 is 2.25. The van der Waals surface area contributed by atoms with E-state index < -0.39 is 0 Å². The monoisotopic (exact) mass is 382 g/mol. The first-order chi connectivity index (χ1) is 14.3. The van der Waals surface area contributed by atoms with Crippen molar-refractivity contribution >= 4 is 16.8 Å². The molecule has 1 heterocycles. The van der Waals surface area contributed by atoms with Gasteiger partial charge in [-0.25, -0.2) is 0 Å². The van der Waals surface area contributed by atoms with Crippen molar-refractivity contribution in [3.8, 4) is 0 Å². The number of amides is 1. The van der Waals surface area contributed by atoms with E-state index in [-0.39, 0.29) is 11.8 Å². The van der Waals surface area contributed by atoms with Crippen LogP contribution in [0.1, 0.15) is 29.9 Å². The number of nitrogens with zero attached hydrogens (tertiary/aromatic N) is 1. The van der Waals surface area contributed by atoms with E-state index >= 15 is 0 Å². The van der Waals surface area contributed by atoms with Gasteiger partial charge in [0.1, 0.15) is 0 Å². The quantitative estimate of drug-likeness (QED) is 0.408. The molecule has 0 radical (unpaired) electrons. The summed E-state index contributed by atoms with van der Waals surface area (Å²) in [5, 5.41) is 4.37. The summed E-state index contributed by atoms with van der Waals surface area (Å²) in [6, 6.07) is 31.1. The van der Waals surface area contributed by atoms with Crippen molar-refractivity contribution in [3.05, 3.63) is 108 Å². The highest BCUT2D eigenvalue weighted by Crippen LogP contribution is 2.27. The Bertz CT molecular complexity index is 1010. The van der Waals surface area contributed by atoms with Crippen molar-refractivity contribution in [2.45, 2.75) is 25.3 Å². The Morgan fingerprint density at radius 1 is 0.793 bits per heavy atom. The van der Waals surface area contributed by atoms with Gasteiger partial charge in [0.25, 0.3) is 0 Å². The van der Waals surface area contributed by atoms with Crippen LogP contribution in [-0.4, -0.2) is 17.0 Å². The molecule has 3 heteroatoms. The molecule has 3 aromatic carbocycles. The number of para-hydroxylation sites is 1. The zero-order chi connectivity index (χ0) is 19.9. The number of nitrogens with one attached hydrogen (secondary N) is 1. The molecule has 4 aromatic rings. The van der Waals surface area contributed by atoms with Gasteiger partial charge in [-0.3, -0.25) is 4.79 Å². The van der Waals surface area contributed by atoms with Crippen molar-refractivity contribution in [2.24, 2.45) is 0 Å². The average Bonchev–Trinajstić information content (AvgIpc) is 3.19. The average molecular weight is 383 g/mol. The topological polar surface area (TPSA) is 34.0 Å². The molecule has 0 atom stereocenters. The first-order valence-electron chi connectivity index (χ1n) is 10.2. The lowest BCUT2D eigenvalue weighted by Gasteiger charge is -2.18. The molecule has 146 valence electrons. The van der Waals surface area contributed by atoms with Crippen molar-refractivity contribution in [1.29, 1.82) is 0 Å². The lowest BCUT2D eigenvalue weighted by atomic mass is 9.88. The van der Waals surface area contributed by atoms with E-state index in [1.807, 2.05) is 36.4 Å². The Balaban J connectivity index is 1.34. The van der Waals surface area contributed by atoms with E-state index in [2.05, 4.69) is 70.7 Å². The molecule has 1 N–H and O–H groups in total. The molecule has 0 aliphatic heterocycles. The fourth-order valence-electron chi connectivity index (χ4n) is 3.87. The maximum absolute atomic E-state index is 12.7. The SMILES string of the molecule is O=C(CC(c1ccccc1)c1ccccc1)NCCCn1ccc2ccccc21. The molecule has 0 unspecified atom stereocenters. The molecule has 1 aromatic heterocycles. The number of hydrogen-bond acceptors (Lipinski definition) is 1. The summed E-state index contributed by atoms with van der Waals surface area (Å²) in [5.41, 5.74) is 3.59. The fourth-order valence-corrected chi connectivity index (χ4v) is 3.87. The number of hydrogen-bond donors (Lipinski definition) is 1. The molecule has 3 nitrogen and oxygen atoms in total. The Labute approximate surface area is 172 Å². The molecule has 1 amide bonds. The van der Waals surface area contributed by atoms with Crippen molar-refractivity contribution in [1.82, 2.24) is 9.88 Å². The minimum absolute atomic E-state index is 0.0748. The molecule has 0 saturated carbocycles. The predicted octanol–water partition coefficient (Wildman–Crippen LogP) is 5.37. The summed E-state index contributed by atoms with van der Waals surface area (Å²) in [4.78, 5) is 12.7. The summed E-state index contributed by atoms with van der Waals surface area (Å²) in [6.07, 6.45) is 3.49. The summed E-state index contributed by atoms with van der Waals surface area (Å²) in [5.74, 6) is 0.172. The standard InChI is InChI=1S/C26H26N2O/c29-26(27-17-9-18-28-19-16-23-14-7-8-15-25(23)28)20-24(21-10-3-1-4-11-21)22-12-5-2-6-13-22/h1-8,10-16,19,24H,9,17-18,20H2,(H,27,29). The minimum Gasteiger partial charge on any atom is -0.356 e. The van der Waals surface area contributed by atoms with Crippen LogP contribution in [0.4, 0.5) is 0 Å². The Morgan fingerprint density at radius 3 is 2.10 bits per heavy atom. The number of fused-ring (bicyclic) bond motifs is 1. The van der Waals surface area contributed by atoms with Gasteiger partial charge in [0.05, 0.1) is 0 Å². The van der Waals surface area contributed by atoms with Crippen LogP contribution < -0.4 is 5.32 Å². The van der Waals surface area contributed by atoms with E-state index in [0.717, 1.165) is 13.0 Å². The molecule has 0 aliphatic rings. The zero-order valence-corrected chi connectivity index (χ0v) is 16.5. The van der Waals surface area contributed by atoms with Crippen LogP contribution in [0, 0.1) is 0 Å². The summed E-state index contributed by atoms with van der Waals surface area (Å²) >= 11 is 0. The third kappa shape index (κ3) is 4.75. The van der Waals surface area contributed by atoms with Crippen molar-refractivity contribution in [2.75, 3.05) is 6.54 Å². The second kappa shape index (κ2) is 9.24. The number of aryl methyl sites for hydroxylation is 1. The first kappa shape index (κ1) is 19.0. The fraction of sp³-hybridized carbons (Fsp3) is 0.192. The second-order valence-electron chi connectivity index (χ2n) is 7.35. The van der Waals surface area contributed by atoms with Gasteiger partial charge in [-0.15, -0.1) is 0 Å². The van der Waals surface area contributed by atoms with E-state index in [9.17, 15) is 4.79 Å². The molecular weight excluding hydrogens is 356 g/mol. The van der Waals surface area contributed by atoms with Gasteiger partial charge in [-0.2, -0.15) is 0 Å². The van der Waals surface area contributed by atoms with Gasteiger partial charge < -0.3 is 9.88 Å². The molecule has 0 fully saturated rings. The number of rotatable bonds is 8. The van der Waals surface area contributed by atoms with E-state index in [4.69, 9.17) is 0 Å².